The molecular formula is C53H76O6. The SMILES string of the molecule is CC\C=C/C=C\C=C/C=C\C=C/CCCC(=O)OCC(COC(=O)CCCCCCCCC\C=C/C=C\C=C/CC)OC(=O)CCC\C=C/C=C\C=C/C=C\C=C/CC. The quantitative estimate of drug-likeness (QED) is 0.0271. The van der Waals surface area contributed by atoms with E-state index in [2.05, 4.69) is 69.4 Å². The molecule has 6 nitrogen and oxygen atoms in total. The van der Waals surface area contributed by atoms with Crippen molar-refractivity contribution in [2.75, 3.05) is 13.2 Å². The maximum absolute atomic E-state index is 12.7. The van der Waals surface area contributed by atoms with Crippen LogP contribution in [-0.4, -0.2) is 37.2 Å². The number of carbonyl (C=O) groups excluding carboxylic acids is 3. The highest BCUT2D eigenvalue weighted by atomic mass is 16.6. The summed E-state index contributed by atoms with van der Waals surface area (Å²) in [5.41, 5.74) is 0. The van der Waals surface area contributed by atoms with E-state index in [4.69, 9.17) is 14.2 Å². The number of allylic oxidation sites excluding steroid dienone is 26. The molecule has 0 bridgehead atoms. The Labute approximate surface area is 359 Å². The largest absolute Gasteiger partial charge is 0.462 e. The molecule has 0 heterocycles. The first-order valence-corrected chi connectivity index (χ1v) is 22.2. The summed E-state index contributed by atoms with van der Waals surface area (Å²) in [4.78, 5) is 37.7. The molecule has 0 aliphatic heterocycles. The molecule has 0 aliphatic carbocycles. The molecule has 0 radical (unpaired) electrons. The maximum atomic E-state index is 12.7. The Morgan fingerprint density at radius 1 is 0.339 bits per heavy atom. The molecule has 0 aromatic heterocycles. The lowest BCUT2D eigenvalue weighted by Gasteiger charge is -2.18. The molecule has 0 amide bonds. The lowest BCUT2D eigenvalue weighted by atomic mass is 10.1. The van der Waals surface area contributed by atoms with E-state index >= 15 is 0 Å². The third-order valence-corrected chi connectivity index (χ3v) is 8.33. The molecule has 59 heavy (non-hydrogen) atoms. The smallest absolute Gasteiger partial charge is 0.306 e. The molecule has 0 spiro atoms. The maximum Gasteiger partial charge on any atom is 0.306 e. The predicted molar refractivity (Wildman–Crippen MR) is 251 cm³/mol. The van der Waals surface area contributed by atoms with Crippen LogP contribution in [0.5, 0.6) is 0 Å². The Morgan fingerprint density at radius 3 is 1.02 bits per heavy atom. The summed E-state index contributed by atoms with van der Waals surface area (Å²) in [6.07, 6.45) is 66.7. The first-order valence-electron chi connectivity index (χ1n) is 22.2. The van der Waals surface area contributed by atoms with E-state index in [9.17, 15) is 14.4 Å². The number of hydrogen-bond acceptors (Lipinski definition) is 6. The molecule has 0 saturated carbocycles. The second kappa shape index (κ2) is 45.7. The zero-order chi connectivity index (χ0) is 43.0. The molecule has 0 fully saturated rings. The van der Waals surface area contributed by atoms with Crippen LogP contribution in [0.2, 0.25) is 0 Å². The Hall–Kier alpha value is -4.97. The van der Waals surface area contributed by atoms with Crippen molar-refractivity contribution in [2.45, 2.75) is 142 Å². The molecule has 0 aromatic carbocycles. The van der Waals surface area contributed by atoms with Gasteiger partial charge >= 0.3 is 17.9 Å². The molecular weight excluding hydrogens is 733 g/mol. The lowest BCUT2D eigenvalue weighted by Crippen LogP contribution is -2.30. The van der Waals surface area contributed by atoms with Crippen molar-refractivity contribution in [3.8, 4) is 0 Å². The third kappa shape index (κ3) is 44.0. The third-order valence-electron chi connectivity index (χ3n) is 8.33. The van der Waals surface area contributed by atoms with Crippen LogP contribution in [0, 0.1) is 0 Å². The number of ether oxygens (including phenoxy) is 3. The van der Waals surface area contributed by atoms with Gasteiger partial charge < -0.3 is 14.2 Å². The number of esters is 3. The average Bonchev–Trinajstić information content (AvgIpc) is 3.23. The Balaban J connectivity index is 4.67. The van der Waals surface area contributed by atoms with Crippen molar-refractivity contribution < 1.29 is 28.6 Å². The molecule has 0 aliphatic rings. The van der Waals surface area contributed by atoms with E-state index in [1.807, 2.05) is 109 Å². The normalized spacial score (nSPS) is 13.6. The Kier molecular flexibility index (Phi) is 41.9. The fraction of sp³-hybridized carbons (Fsp3) is 0.453. The summed E-state index contributed by atoms with van der Waals surface area (Å²) in [7, 11) is 0. The molecule has 324 valence electrons. The minimum absolute atomic E-state index is 0.144. The van der Waals surface area contributed by atoms with Gasteiger partial charge in [0, 0.05) is 19.3 Å². The molecule has 0 rings (SSSR count). The van der Waals surface area contributed by atoms with Crippen LogP contribution in [0.15, 0.2) is 158 Å². The fourth-order valence-corrected chi connectivity index (χ4v) is 5.09. The monoisotopic (exact) mass is 809 g/mol. The standard InChI is InChI=1S/C53H76O6/c1-4-7-10-13-16-19-22-25-26-29-31-34-37-40-43-46-52(55)58-49-50(59-53(56)47-44-41-38-35-32-28-24-21-18-15-12-9-6-3)48-57-51(54)45-42-39-36-33-30-27-23-20-17-14-11-8-5-2/h7-24,27-28,30,32-33,35-36,38,50H,4-6,25-26,29,31,34,37,39-49H2,1-3H3/b10-7-,11-8-,12-9-,16-13-,17-14-,18-15-,22-19-,23-20-,24-21-,30-27-,32-28-,36-33-,38-35-. The summed E-state index contributed by atoms with van der Waals surface area (Å²) in [6, 6.07) is 0. The van der Waals surface area contributed by atoms with Crippen LogP contribution in [0.4, 0.5) is 0 Å². The van der Waals surface area contributed by atoms with E-state index in [1.54, 1.807) is 0 Å². The van der Waals surface area contributed by atoms with Crippen molar-refractivity contribution in [1.29, 1.82) is 0 Å². The molecule has 6 heteroatoms. The van der Waals surface area contributed by atoms with E-state index in [-0.39, 0.29) is 38.0 Å². The van der Waals surface area contributed by atoms with Crippen LogP contribution >= 0.6 is 0 Å². The zero-order valence-corrected chi connectivity index (χ0v) is 36.7. The van der Waals surface area contributed by atoms with E-state index in [1.165, 1.54) is 19.3 Å². The van der Waals surface area contributed by atoms with Gasteiger partial charge in [-0.25, -0.2) is 0 Å². The highest BCUT2D eigenvalue weighted by molar-refractivity contribution is 5.71. The second-order valence-corrected chi connectivity index (χ2v) is 13.8. The van der Waals surface area contributed by atoms with Gasteiger partial charge in [0.1, 0.15) is 13.2 Å². The van der Waals surface area contributed by atoms with Crippen molar-refractivity contribution in [2.24, 2.45) is 0 Å². The van der Waals surface area contributed by atoms with E-state index in [0.717, 1.165) is 57.8 Å². The average molecular weight is 809 g/mol. The Bertz CT molecular complexity index is 1440. The second-order valence-electron chi connectivity index (χ2n) is 13.8. The minimum Gasteiger partial charge on any atom is -0.462 e. The highest BCUT2D eigenvalue weighted by Gasteiger charge is 2.19. The molecule has 0 N–H and O–H groups in total. The first-order chi connectivity index (χ1) is 29.0. The first kappa shape index (κ1) is 54.0. The molecule has 0 aromatic rings. The van der Waals surface area contributed by atoms with Crippen LogP contribution in [0.25, 0.3) is 0 Å². The van der Waals surface area contributed by atoms with Crippen molar-refractivity contribution >= 4 is 17.9 Å². The van der Waals surface area contributed by atoms with Gasteiger partial charge in [0.05, 0.1) is 0 Å². The summed E-state index contributed by atoms with van der Waals surface area (Å²) in [6.45, 7) is 6.03. The van der Waals surface area contributed by atoms with Crippen molar-refractivity contribution in [3.63, 3.8) is 0 Å². The van der Waals surface area contributed by atoms with Crippen molar-refractivity contribution in [1.82, 2.24) is 0 Å². The van der Waals surface area contributed by atoms with Crippen LogP contribution in [0.3, 0.4) is 0 Å². The lowest BCUT2D eigenvalue weighted by molar-refractivity contribution is -0.167. The van der Waals surface area contributed by atoms with Gasteiger partial charge in [0.25, 0.3) is 0 Å². The zero-order valence-electron chi connectivity index (χ0n) is 36.7. The van der Waals surface area contributed by atoms with Gasteiger partial charge in [-0.3, -0.25) is 14.4 Å². The van der Waals surface area contributed by atoms with Gasteiger partial charge in [-0.15, -0.1) is 0 Å². The molecule has 1 atom stereocenters. The fourth-order valence-electron chi connectivity index (χ4n) is 5.09. The summed E-state index contributed by atoms with van der Waals surface area (Å²) in [5, 5.41) is 0. The molecule has 1 unspecified atom stereocenters. The van der Waals surface area contributed by atoms with Gasteiger partial charge in [-0.1, -0.05) is 211 Å². The van der Waals surface area contributed by atoms with Crippen LogP contribution in [0.1, 0.15) is 136 Å². The van der Waals surface area contributed by atoms with Gasteiger partial charge in [0.15, 0.2) is 6.10 Å². The minimum atomic E-state index is -0.855. The Morgan fingerprint density at radius 2 is 0.627 bits per heavy atom. The van der Waals surface area contributed by atoms with Crippen LogP contribution in [-0.2, 0) is 28.6 Å². The predicted octanol–water partition coefficient (Wildman–Crippen LogP) is 14.3. The summed E-state index contributed by atoms with van der Waals surface area (Å²) in [5.74, 6) is -1.13. The topological polar surface area (TPSA) is 78.9 Å². The van der Waals surface area contributed by atoms with Crippen molar-refractivity contribution in [3.05, 3.63) is 158 Å². The van der Waals surface area contributed by atoms with Crippen LogP contribution < -0.4 is 0 Å². The van der Waals surface area contributed by atoms with E-state index in [0.29, 0.717) is 25.7 Å². The van der Waals surface area contributed by atoms with E-state index < -0.39 is 12.1 Å². The van der Waals surface area contributed by atoms with Gasteiger partial charge in [-0.2, -0.15) is 0 Å². The number of rotatable bonds is 36. The van der Waals surface area contributed by atoms with Gasteiger partial charge in [-0.05, 0) is 64.2 Å². The number of carbonyl (C=O) groups is 3. The molecule has 0 saturated heterocycles. The number of unbranched alkanes of at least 4 members (excludes halogenated alkanes) is 9. The summed E-state index contributed by atoms with van der Waals surface area (Å²) >= 11 is 0. The van der Waals surface area contributed by atoms with Gasteiger partial charge in [0.2, 0.25) is 0 Å². The number of hydrogen-bond donors (Lipinski definition) is 0. The highest BCUT2D eigenvalue weighted by Crippen LogP contribution is 2.11. The summed E-state index contributed by atoms with van der Waals surface area (Å²) < 4.78 is 16.5.